The number of nitrogens with zero attached hydrogens (tertiary/aromatic N) is 1. The van der Waals surface area contributed by atoms with Gasteiger partial charge in [0.15, 0.2) is 0 Å². The Morgan fingerprint density at radius 2 is 1.76 bits per heavy atom. The predicted molar refractivity (Wildman–Crippen MR) is 94.6 cm³/mol. The van der Waals surface area contributed by atoms with E-state index in [4.69, 9.17) is 14.6 Å². The first-order valence-electron chi connectivity index (χ1n) is 8.38. The zero-order valence-corrected chi connectivity index (χ0v) is 14.9. The minimum Gasteiger partial charge on any atom is -0.490 e. The first kappa shape index (κ1) is 18.8. The molecule has 0 aromatic heterocycles. The average molecular weight is 347 g/mol. The molecular weight excluding hydrogens is 322 g/mol. The van der Waals surface area contributed by atoms with Crippen LogP contribution in [0.3, 0.4) is 0 Å². The lowest BCUT2D eigenvalue weighted by atomic mass is 10.1. The van der Waals surface area contributed by atoms with Gasteiger partial charge in [0.2, 0.25) is 0 Å². The number of hydrogen-bond acceptors (Lipinski definition) is 4. The molecule has 6 nitrogen and oxygen atoms in total. The second kappa shape index (κ2) is 8.05. The minimum absolute atomic E-state index is 0.0547. The van der Waals surface area contributed by atoms with Gasteiger partial charge < -0.3 is 19.5 Å². The van der Waals surface area contributed by atoms with Crippen LogP contribution >= 0.6 is 0 Å². The van der Waals surface area contributed by atoms with Crippen LogP contribution < -0.4 is 4.74 Å². The number of aliphatic carboxylic acids is 1. The molecule has 0 aliphatic carbocycles. The summed E-state index contributed by atoms with van der Waals surface area (Å²) in [6.45, 7) is 6.79. The summed E-state index contributed by atoms with van der Waals surface area (Å²) in [7, 11) is 0. The smallest absolute Gasteiger partial charge is 0.410 e. The summed E-state index contributed by atoms with van der Waals surface area (Å²) in [5.41, 5.74) is 0.316. The number of benzene rings is 1. The van der Waals surface area contributed by atoms with Crippen molar-refractivity contribution in [3.8, 4) is 5.75 Å². The second-order valence-electron chi connectivity index (χ2n) is 7.03. The Kier molecular flexibility index (Phi) is 6.07. The zero-order chi connectivity index (χ0) is 18.4. The fraction of sp³-hybridized carbons (Fsp3) is 0.474. The number of carboxylic acids is 1. The van der Waals surface area contributed by atoms with E-state index in [2.05, 4.69) is 0 Å². The van der Waals surface area contributed by atoms with Gasteiger partial charge in [-0.25, -0.2) is 9.59 Å². The van der Waals surface area contributed by atoms with Crippen LogP contribution in [0.15, 0.2) is 30.3 Å². The molecule has 0 unspecified atom stereocenters. The summed E-state index contributed by atoms with van der Waals surface area (Å²) < 4.78 is 11.3. The highest BCUT2D eigenvalue weighted by molar-refractivity contribution is 5.85. The maximum atomic E-state index is 12.0. The number of carbonyl (C=O) groups is 2. The average Bonchev–Trinajstić information content (AvgIpc) is 2.53. The van der Waals surface area contributed by atoms with Crippen molar-refractivity contribution in [2.24, 2.45) is 0 Å². The first-order chi connectivity index (χ1) is 11.7. The van der Waals surface area contributed by atoms with Crippen molar-refractivity contribution in [2.45, 2.75) is 45.3 Å². The Hall–Kier alpha value is -2.50. The summed E-state index contributed by atoms with van der Waals surface area (Å²) in [5, 5.41) is 8.62. The normalized spacial score (nSPS) is 16.0. The van der Waals surface area contributed by atoms with Crippen LogP contribution in [0, 0.1) is 0 Å². The van der Waals surface area contributed by atoms with Crippen molar-refractivity contribution >= 4 is 18.1 Å². The number of ether oxygens (including phenoxy) is 2. The van der Waals surface area contributed by atoms with Gasteiger partial charge in [0.25, 0.3) is 0 Å². The third kappa shape index (κ3) is 6.49. The number of carboxylic acid groups (broad SMARTS) is 1. The third-order valence-corrected chi connectivity index (χ3v) is 3.69. The van der Waals surface area contributed by atoms with Gasteiger partial charge in [-0.1, -0.05) is 12.1 Å². The molecule has 1 aliphatic rings. The molecule has 136 valence electrons. The van der Waals surface area contributed by atoms with Crippen molar-refractivity contribution in [1.29, 1.82) is 0 Å². The van der Waals surface area contributed by atoms with Gasteiger partial charge >= 0.3 is 12.1 Å². The summed E-state index contributed by atoms with van der Waals surface area (Å²) in [6.07, 6.45) is 3.91. The Morgan fingerprint density at radius 1 is 1.16 bits per heavy atom. The highest BCUT2D eigenvalue weighted by atomic mass is 16.6. The molecule has 6 heteroatoms. The maximum Gasteiger partial charge on any atom is 0.410 e. The molecule has 0 spiro atoms. The molecule has 0 radical (unpaired) electrons. The lowest BCUT2D eigenvalue weighted by Gasteiger charge is -2.33. The molecule has 0 saturated carbocycles. The fourth-order valence-electron chi connectivity index (χ4n) is 2.50. The molecule has 1 aromatic carbocycles. The fourth-order valence-corrected chi connectivity index (χ4v) is 2.50. The lowest BCUT2D eigenvalue weighted by Crippen LogP contribution is -2.44. The van der Waals surface area contributed by atoms with Gasteiger partial charge in [-0.3, -0.25) is 0 Å². The van der Waals surface area contributed by atoms with Crippen molar-refractivity contribution in [1.82, 2.24) is 4.90 Å². The van der Waals surface area contributed by atoms with E-state index in [1.807, 2.05) is 45.0 Å². The Balaban J connectivity index is 1.82. The van der Waals surface area contributed by atoms with Crippen molar-refractivity contribution < 1.29 is 24.2 Å². The molecular formula is C19H25NO5. The molecule has 1 saturated heterocycles. The highest BCUT2D eigenvalue weighted by Crippen LogP contribution is 2.21. The molecule has 1 fully saturated rings. The number of hydrogen-bond donors (Lipinski definition) is 1. The predicted octanol–water partition coefficient (Wildman–Crippen LogP) is 3.56. The van der Waals surface area contributed by atoms with Crippen molar-refractivity contribution in [3.05, 3.63) is 35.9 Å². The molecule has 2 rings (SSSR count). The van der Waals surface area contributed by atoms with Crippen molar-refractivity contribution in [3.63, 3.8) is 0 Å². The van der Waals surface area contributed by atoms with Gasteiger partial charge in [-0.2, -0.15) is 0 Å². The number of amides is 1. The molecule has 25 heavy (non-hydrogen) atoms. The van der Waals surface area contributed by atoms with Gasteiger partial charge in [-0.15, -0.1) is 0 Å². The van der Waals surface area contributed by atoms with E-state index in [1.165, 1.54) is 6.08 Å². The van der Waals surface area contributed by atoms with Crippen LogP contribution in [0.2, 0.25) is 0 Å². The van der Waals surface area contributed by atoms with Crippen LogP contribution in [0.1, 0.15) is 39.2 Å². The monoisotopic (exact) mass is 347 g/mol. The van der Waals surface area contributed by atoms with E-state index < -0.39 is 11.6 Å². The van der Waals surface area contributed by atoms with E-state index >= 15 is 0 Å². The Labute approximate surface area is 148 Å². The van der Waals surface area contributed by atoms with E-state index in [9.17, 15) is 9.59 Å². The standard InChI is InChI=1S/C19H25NO5/c1-19(2,3)25-18(23)20-12-10-16(11-13-20)24-15-7-4-14(5-8-15)6-9-17(21)22/h4-9,16H,10-13H2,1-3H3,(H,21,22)/b9-6+. The molecule has 1 N–H and O–H groups in total. The summed E-state index contributed by atoms with van der Waals surface area (Å²) in [4.78, 5) is 24.3. The third-order valence-electron chi connectivity index (χ3n) is 3.69. The van der Waals surface area contributed by atoms with Gasteiger partial charge in [-0.05, 0) is 44.5 Å². The highest BCUT2D eigenvalue weighted by Gasteiger charge is 2.27. The number of rotatable bonds is 4. The summed E-state index contributed by atoms with van der Waals surface area (Å²) >= 11 is 0. The summed E-state index contributed by atoms with van der Waals surface area (Å²) in [5.74, 6) is -0.236. The zero-order valence-electron chi connectivity index (χ0n) is 14.9. The second-order valence-corrected chi connectivity index (χ2v) is 7.03. The molecule has 1 heterocycles. The largest absolute Gasteiger partial charge is 0.490 e. The Morgan fingerprint density at radius 3 is 2.28 bits per heavy atom. The van der Waals surface area contributed by atoms with E-state index in [1.54, 1.807) is 4.90 Å². The van der Waals surface area contributed by atoms with Crippen molar-refractivity contribution in [2.75, 3.05) is 13.1 Å². The number of piperidine rings is 1. The Bertz CT molecular complexity index is 622. The van der Waals surface area contributed by atoms with E-state index in [-0.39, 0.29) is 12.2 Å². The van der Waals surface area contributed by atoms with Crippen LogP contribution in [0.5, 0.6) is 5.75 Å². The van der Waals surface area contributed by atoms with Crippen LogP contribution in [-0.4, -0.2) is 46.9 Å². The van der Waals surface area contributed by atoms with Crippen LogP contribution in [0.4, 0.5) is 4.79 Å². The molecule has 1 aliphatic heterocycles. The van der Waals surface area contributed by atoms with Crippen LogP contribution in [0.25, 0.3) is 6.08 Å². The molecule has 0 bridgehead atoms. The topological polar surface area (TPSA) is 76.1 Å². The van der Waals surface area contributed by atoms with Gasteiger partial charge in [0.05, 0.1) is 0 Å². The lowest BCUT2D eigenvalue weighted by molar-refractivity contribution is -0.131. The first-order valence-corrected chi connectivity index (χ1v) is 8.38. The SMILES string of the molecule is CC(C)(C)OC(=O)N1CCC(Oc2ccc(/C=C/C(=O)O)cc2)CC1. The maximum absolute atomic E-state index is 12.0. The van der Waals surface area contributed by atoms with Gasteiger partial charge in [0, 0.05) is 32.0 Å². The summed E-state index contributed by atoms with van der Waals surface area (Å²) in [6, 6.07) is 7.26. The van der Waals surface area contributed by atoms with E-state index in [0.717, 1.165) is 30.2 Å². The molecule has 1 amide bonds. The van der Waals surface area contributed by atoms with Gasteiger partial charge in [0.1, 0.15) is 17.5 Å². The minimum atomic E-state index is -0.975. The molecule has 0 atom stereocenters. The quantitative estimate of drug-likeness (QED) is 0.843. The molecule has 1 aromatic rings. The number of likely N-dealkylation sites (tertiary alicyclic amines) is 1. The number of carbonyl (C=O) groups excluding carboxylic acids is 1. The van der Waals surface area contributed by atoms with E-state index in [0.29, 0.717) is 13.1 Å². The van der Waals surface area contributed by atoms with Crippen LogP contribution in [-0.2, 0) is 9.53 Å².